The number of nitrogens with two attached hydrogens (primary N) is 1. The highest BCUT2D eigenvalue weighted by molar-refractivity contribution is 5.81. The first kappa shape index (κ1) is 10.8. The second kappa shape index (κ2) is 4.83. The number of likely N-dealkylation sites (tertiary alicyclic amines) is 1. The Balaban J connectivity index is 2.42. The molecule has 1 aliphatic heterocycles. The maximum absolute atomic E-state index is 8.61. The van der Waals surface area contributed by atoms with Crippen molar-refractivity contribution in [1.82, 2.24) is 4.90 Å². The van der Waals surface area contributed by atoms with E-state index in [0.29, 0.717) is 17.6 Å². The van der Waals surface area contributed by atoms with Gasteiger partial charge in [-0.15, -0.1) is 0 Å². The van der Waals surface area contributed by atoms with Crippen LogP contribution < -0.4 is 5.73 Å². The van der Waals surface area contributed by atoms with Crippen molar-refractivity contribution in [1.29, 1.82) is 0 Å². The van der Waals surface area contributed by atoms with Crippen LogP contribution in [-0.2, 0) is 0 Å². The maximum Gasteiger partial charge on any atom is 0.141 e. The van der Waals surface area contributed by atoms with Crippen LogP contribution >= 0.6 is 0 Å². The highest BCUT2D eigenvalue weighted by Gasteiger charge is 2.23. The van der Waals surface area contributed by atoms with Gasteiger partial charge in [-0.3, -0.25) is 4.99 Å². The third kappa shape index (κ3) is 2.61. The fraction of sp³-hybridized carbons (Fsp3) is 0.778. The van der Waals surface area contributed by atoms with E-state index < -0.39 is 0 Å². The van der Waals surface area contributed by atoms with Gasteiger partial charge in [-0.2, -0.15) is 0 Å². The lowest BCUT2D eigenvalue weighted by molar-refractivity contribution is 0.304. The van der Waals surface area contributed by atoms with Crippen molar-refractivity contribution in [3.05, 3.63) is 0 Å². The summed E-state index contributed by atoms with van der Waals surface area (Å²) in [7, 11) is 1.71. The first-order valence-corrected chi connectivity index (χ1v) is 4.82. The summed E-state index contributed by atoms with van der Waals surface area (Å²) in [6.07, 6.45) is 1.93. The quantitative estimate of drug-likeness (QED) is 0.293. The van der Waals surface area contributed by atoms with Crippen LogP contribution in [0.1, 0.15) is 19.8 Å². The first-order chi connectivity index (χ1) is 6.67. The van der Waals surface area contributed by atoms with E-state index in [1.54, 1.807) is 14.0 Å². The van der Waals surface area contributed by atoms with E-state index in [2.05, 4.69) is 15.0 Å². The summed E-state index contributed by atoms with van der Waals surface area (Å²) >= 11 is 0. The van der Waals surface area contributed by atoms with Gasteiger partial charge in [0.2, 0.25) is 0 Å². The van der Waals surface area contributed by atoms with Gasteiger partial charge in [0, 0.05) is 26.6 Å². The van der Waals surface area contributed by atoms with Gasteiger partial charge in [0.25, 0.3) is 0 Å². The van der Waals surface area contributed by atoms with Gasteiger partial charge in [-0.1, -0.05) is 5.16 Å². The average Bonchev–Trinajstić information content (AvgIpc) is 2.65. The van der Waals surface area contributed by atoms with Crippen molar-refractivity contribution in [3.8, 4) is 0 Å². The van der Waals surface area contributed by atoms with Crippen LogP contribution in [0.15, 0.2) is 10.1 Å². The SMILES string of the molecule is C/N=C(\N)CC1CCN(/C(C)=N\O)C1. The summed E-state index contributed by atoms with van der Waals surface area (Å²) in [5.41, 5.74) is 5.66. The Hall–Kier alpha value is -1.26. The number of aliphatic imine (C=N–C) groups is 1. The van der Waals surface area contributed by atoms with E-state index in [0.717, 1.165) is 25.9 Å². The fourth-order valence-electron chi connectivity index (χ4n) is 1.74. The van der Waals surface area contributed by atoms with Gasteiger partial charge in [-0.05, 0) is 19.3 Å². The molecule has 1 heterocycles. The molecule has 0 amide bonds. The Morgan fingerprint density at radius 3 is 2.93 bits per heavy atom. The molecule has 0 spiro atoms. The molecule has 0 aliphatic carbocycles. The molecule has 0 aromatic heterocycles. The van der Waals surface area contributed by atoms with Crippen molar-refractivity contribution in [2.24, 2.45) is 21.8 Å². The predicted molar refractivity (Wildman–Crippen MR) is 56.7 cm³/mol. The summed E-state index contributed by atoms with van der Waals surface area (Å²) in [4.78, 5) is 6.00. The lowest BCUT2D eigenvalue weighted by atomic mass is 10.0. The van der Waals surface area contributed by atoms with Crippen molar-refractivity contribution < 1.29 is 5.21 Å². The largest absolute Gasteiger partial charge is 0.409 e. The Bertz CT molecular complexity index is 249. The third-order valence-electron chi connectivity index (χ3n) is 2.67. The Morgan fingerprint density at radius 1 is 1.64 bits per heavy atom. The molecular weight excluding hydrogens is 180 g/mol. The molecule has 1 aliphatic rings. The molecular formula is C9H18N4O. The van der Waals surface area contributed by atoms with Gasteiger partial charge in [0.15, 0.2) is 0 Å². The maximum atomic E-state index is 8.61. The van der Waals surface area contributed by atoms with E-state index >= 15 is 0 Å². The monoisotopic (exact) mass is 198 g/mol. The Morgan fingerprint density at radius 2 is 2.36 bits per heavy atom. The zero-order chi connectivity index (χ0) is 10.6. The standard InChI is InChI=1S/C9H18N4O/c1-7(12-14)13-4-3-8(6-13)5-9(10)11-2/h8,14H,3-6H2,1-2H3,(H2,10,11)/b12-7-. The van der Waals surface area contributed by atoms with Gasteiger partial charge in [0.1, 0.15) is 5.84 Å². The lowest BCUT2D eigenvalue weighted by Gasteiger charge is -2.16. The lowest BCUT2D eigenvalue weighted by Crippen LogP contribution is -2.27. The number of rotatable bonds is 2. The highest BCUT2D eigenvalue weighted by atomic mass is 16.4. The summed E-state index contributed by atoms with van der Waals surface area (Å²) in [5, 5.41) is 11.8. The summed E-state index contributed by atoms with van der Waals surface area (Å²) in [5.74, 6) is 1.92. The molecule has 1 fully saturated rings. The van der Waals surface area contributed by atoms with E-state index in [-0.39, 0.29) is 0 Å². The van der Waals surface area contributed by atoms with E-state index in [9.17, 15) is 0 Å². The van der Waals surface area contributed by atoms with Crippen LogP contribution in [0.4, 0.5) is 0 Å². The molecule has 14 heavy (non-hydrogen) atoms. The zero-order valence-electron chi connectivity index (χ0n) is 8.77. The molecule has 3 N–H and O–H groups in total. The van der Waals surface area contributed by atoms with Crippen LogP contribution in [0.25, 0.3) is 0 Å². The van der Waals surface area contributed by atoms with Gasteiger partial charge >= 0.3 is 0 Å². The third-order valence-corrected chi connectivity index (χ3v) is 2.67. The van der Waals surface area contributed by atoms with Crippen molar-refractivity contribution in [2.75, 3.05) is 20.1 Å². The summed E-state index contributed by atoms with van der Waals surface area (Å²) < 4.78 is 0. The number of nitrogens with zero attached hydrogens (tertiary/aromatic N) is 3. The molecule has 5 nitrogen and oxygen atoms in total. The predicted octanol–water partition coefficient (Wildman–Crippen LogP) is 0.493. The number of oxime groups is 1. The molecule has 0 bridgehead atoms. The van der Waals surface area contributed by atoms with Gasteiger partial charge in [0.05, 0.1) is 5.84 Å². The molecule has 0 radical (unpaired) electrons. The van der Waals surface area contributed by atoms with Crippen LogP contribution in [0.3, 0.4) is 0 Å². The van der Waals surface area contributed by atoms with Crippen molar-refractivity contribution in [2.45, 2.75) is 19.8 Å². The van der Waals surface area contributed by atoms with Crippen molar-refractivity contribution >= 4 is 11.7 Å². The zero-order valence-corrected chi connectivity index (χ0v) is 8.77. The topological polar surface area (TPSA) is 74.2 Å². The van der Waals surface area contributed by atoms with Gasteiger partial charge < -0.3 is 15.8 Å². The van der Waals surface area contributed by atoms with Gasteiger partial charge in [-0.25, -0.2) is 0 Å². The molecule has 0 aromatic rings. The van der Waals surface area contributed by atoms with Crippen LogP contribution in [0.2, 0.25) is 0 Å². The van der Waals surface area contributed by atoms with Crippen LogP contribution in [0.5, 0.6) is 0 Å². The second-order valence-corrected chi connectivity index (χ2v) is 3.67. The smallest absolute Gasteiger partial charge is 0.141 e. The molecule has 1 unspecified atom stereocenters. The Labute approximate surface area is 84.3 Å². The minimum Gasteiger partial charge on any atom is -0.409 e. The Kier molecular flexibility index (Phi) is 3.73. The number of amidine groups is 2. The van der Waals surface area contributed by atoms with Crippen LogP contribution in [0, 0.1) is 5.92 Å². The molecule has 0 aromatic carbocycles. The molecule has 1 rings (SSSR count). The minimum absolute atomic E-state index is 0.537. The number of hydrogen-bond acceptors (Lipinski definition) is 3. The minimum atomic E-state index is 0.537. The summed E-state index contributed by atoms with van der Waals surface area (Å²) in [6, 6.07) is 0. The molecule has 5 heteroatoms. The molecule has 1 saturated heterocycles. The number of hydrogen-bond donors (Lipinski definition) is 2. The van der Waals surface area contributed by atoms with E-state index in [1.165, 1.54) is 0 Å². The second-order valence-electron chi connectivity index (χ2n) is 3.67. The first-order valence-electron chi connectivity index (χ1n) is 4.82. The highest BCUT2D eigenvalue weighted by Crippen LogP contribution is 2.19. The normalized spacial score (nSPS) is 24.4. The summed E-state index contributed by atoms with van der Waals surface area (Å²) in [6.45, 7) is 3.66. The molecule has 0 saturated carbocycles. The average molecular weight is 198 g/mol. The van der Waals surface area contributed by atoms with E-state index in [4.69, 9.17) is 10.9 Å². The van der Waals surface area contributed by atoms with Crippen LogP contribution in [-0.4, -0.2) is 41.9 Å². The van der Waals surface area contributed by atoms with E-state index in [1.807, 2.05) is 0 Å². The van der Waals surface area contributed by atoms with Crippen molar-refractivity contribution in [3.63, 3.8) is 0 Å². The fourth-order valence-corrected chi connectivity index (χ4v) is 1.74. The molecule has 1 atom stereocenters. The molecule has 80 valence electrons.